The maximum atomic E-state index is 9.22. The Morgan fingerprint density at radius 2 is 1.88 bits per heavy atom. The van der Waals surface area contributed by atoms with E-state index in [-0.39, 0.29) is 0 Å². The smallest absolute Gasteiger partial charge is 0.165 e. The lowest BCUT2D eigenvalue weighted by molar-refractivity contribution is 1.07. The van der Waals surface area contributed by atoms with Gasteiger partial charge < -0.3 is 5.73 Å². The van der Waals surface area contributed by atoms with Crippen LogP contribution in [0.4, 0.5) is 5.82 Å². The second-order valence-corrected chi connectivity index (χ2v) is 7.39. The molecule has 0 unspecified atom stereocenters. The van der Waals surface area contributed by atoms with E-state index in [9.17, 15) is 5.26 Å². The van der Waals surface area contributed by atoms with Gasteiger partial charge in [-0.1, -0.05) is 12.1 Å². The van der Waals surface area contributed by atoms with E-state index >= 15 is 0 Å². The van der Waals surface area contributed by atoms with Crippen LogP contribution in [-0.4, -0.2) is 24.5 Å². The molecule has 32 heavy (non-hydrogen) atoms. The van der Waals surface area contributed by atoms with Crippen LogP contribution in [0.25, 0.3) is 39.5 Å². The van der Waals surface area contributed by atoms with Gasteiger partial charge in [-0.2, -0.15) is 5.26 Å². The van der Waals surface area contributed by atoms with Gasteiger partial charge in [0.15, 0.2) is 11.5 Å². The molecule has 4 aromatic heterocycles. The zero-order chi connectivity index (χ0) is 22.1. The fraction of sp³-hybridized carbons (Fsp3) is 0.0417. The van der Waals surface area contributed by atoms with E-state index in [4.69, 9.17) is 27.3 Å². The SMILES string of the molecule is N#Cc1cncc(-c2ccc3nc(-c4cccnc4N)n(-c4ccc(CCl)cc4)c3n2)c1. The van der Waals surface area contributed by atoms with E-state index in [1.54, 1.807) is 18.5 Å². The number of benzene rings is 1. The zero-order valence-electron chi connectivity index (χ0n) is 16.8. The van der Waals surface area contributed by atoms with Crippen molar-refractivity contribution in [3.05, 3.63) is 84.3 Å². The third-order valence-corrected chi connectivity index (χ3v) is 5.40. The predicted molar refractivity (Wildman–Crippen MR) is 124 cm³/mol. The number of nitrogens with zero attached hydrogens (tertiary/aromatic N) is 6. The number of hydrogen-bond acceptors (Lipinski definition) is 6. The van der Waals surface area contributed by atoms with E-state index in [0.717, 1.165) is 16.8 Å². The Balaban J connectivity index is 1.78. The quantitative estimate of drug-likeness (QED) is 0.407. The first-order valence-corrected chi connectivity index (χ1v) is 10.3. The summed E-state index contributed by atoms with van der Waals surface area (Å²) in [5.41, 5.74) is 12.0. The molecule has 0 fully saturated rings. The first kappa shape index (κ1) is 19.7. The van der Waals surface area contributed by atoms with E-state index < -0.39 is 0 Å². The van der Waals surface area contributed by atoms with Crippen molar-refractivity contribution in [1.29, 1.82) is 5.26 Å². The topological polar surface area (TPSA) is 106 Å². The zero-order valence-corrected chi connectivity index (χ0v) is 17.5. The minimum absolute atomic E-state index is 0.382. The molecule has 7 nitrogen and oxygen atoms in total. The maximum absolute atomic E-state index is 9.22. The molecule has 0 aliphatic carbocycles. The van der Waals surface area contributed by atoms with Crippen LogP contribution in [0.15, 0.2) is 73.2 Å². The van der Waals surface area contributed by atoms with Gasteiger partial charge in [-0.25, -0.2) is 15.0 Å². The number of alkyl halides is 1. The first-order chi connectivity index (χ1) is 15.7. The molecule has 0 aliphatic heterocycles. The molecule has 5 aromatic rings. The minimum Gasteiger partial charge on any atom is -0.383 e. The van der Waals surface area contributed by atoms with Gasteiger partial charge in [0, 0.05) is 35.7 Å². The van der Waals surface area contributed by atoms with Crippen molar-refractivity contribution in [2.75, 3.05) is 5.73 Å². The largest absolute Gasteiger partial charge is 0.383 e. The second-order valence-electron chi connectivity index (χ2n) is 7.12. The summed E-state index contributed by atoms with van der Waals surface area (Å²) in [5.74, 6) is 1.45. The van der Waals surface area contributed by atoms with E-state index in [0.29, 0.717) is 45.5 Å². The van der Waals surface area contributed by atoms with Crippen LogP contribution < -0.4 is 5.73 Å². The van der Waals surface area contributed by atoms with Gasteiger partial charge in [-0.3, -0.25) is 9.55 Å². The molecule has 5 rings (SSSR count). The third kappa shape index (κ3) is 3.43. The highest BCUT2D eigenvalue weighted by atomic mass is 35.5. The molecule has 0 saturated heterocycles. The van der Waals surface area contributed by atoms with Crippen LogP contribution in [0.5, 0.6) is 0 Å². The Bertz CT molecular complexity index is 1480. The van der Waals surface area contributed by atoms with Crippen molar-refractivity contribution in [2.45, 2.75) is 5.88 Å². The molecule has 0 saturated carbocycles. The Hall–Kier alpha value is -4.28. The number of nitrogen functional groups attached to an aromatic ring is 1. The summed E-state index contributed by atoms with van der Waals surface area (Å²) in [6.07, 6.45) is 4.85. The molecule has 0 atom stereocenters. The van der Waals surface area contributed by atoms with E-state index in [2.05, 4.69) is 16.0 Å². The van der Waals surface area contributed by atoms with Gasteiger partial charge >= 0.3 is 0 Å². The lowest BCUT2D eigenvalue weighted by atomic mass is 10.1. The molecule has 0 bridgehead atoms. The Labute approximate surface area is 188 Å². The highest BCUT2D eigenvalue weighted by Gasteiger charge is 2.18. The van der Waals surface area contributed by atoms with Gasteiger partial charge in [0.1, 0.15) is 17.4 Å². The van der Waals surface area contributed by atoms with Crippen molar-refractivity contribution in [1.82, 2.24) is 24.5 Å². The summed E-state index contributed by atoms with van der Waals surface area (Å²) < 4.78 is 1.95. The number of hydrogen-bond donors (Lipinski definition) is 1. The van der Waals surface area contributed by atoms with Crippen LogP contribution >= 0.6 is 11.6 Å². The Morgan fingerprint density at radius 1 is 1.03 bits per heavy atom. The van der Waals surface area contributed by atoms with Crippen LogP contribution in [0.3, 0.4) is 0 Å². The average molecular weight is 438 g/mol. The summed E-state index contributed by atoms with van der Waals surface area (Å²) in [6, 6.07) is 19.2. The van der Waals surface area contributed by atoms with Crippen LogP contribution in [0.1, 0.15) is 11.1 Å². The van der Waals surface area contributed by atoms with E-state index in [1.165, 1.54) is 6.20 Å². The van der Waals surface area contributed by atoms with Crippen LogP contribution in [0.2, 0.25) is 0 Å². The molecule has 0 amide bonds. The van der Waals surface area contributed by atoms with Gasteiger partial charge in [0.25, 0.3) is 0 Å². The fourth-order valence-corrected chi connectivity index (χ4v) is 3.70. The molecule has 0 spiro atoms. The lowest BCUT2D eigenvalue weighted by Crippen LogP contribution is -2.02. The first-order valence-electron chi connectivity index (χ1n) is 9.79. The average Bonchev–Trinajstić information content (AvgIpc) is 3.23. The number of pyridine rings is 3. The number of nitrogens with two attached hydrogens (primary N) is 1. The fourth-order valence-electron chi connectivity index (χ4n) is 3.53. The Morgan fingerprint density at radius 3 is 2.62 bits per heavy atom. The number of halogens is 1. The highest BCUT2D eigenvalue weighted by Crippen LogP contribution is 2.31. The molecule has 8 heteroatoms. The number of fused-ring (bicyclic) bond motifs is 1. The van der Waals surface area contributed by atoms with Crippen molar-refractivity contribution < 1.29 is 0 Å². The van der Waals surface area contributed by atoms with Gasteiger partial charge in [0.2, 0.25) is 0 Å². The summed E-state index contributed by atoms with van der Waals surface area (Å²) in [4.78, 5) is 18.1. The summed E-state index contributed by atoms with van der Waals surface area (Å²) >= 11 is 5.98. The number of anilines is 1. The van der Waals surface area contributed by atoms with E-state index in [1.807, 2.05) is 53.1 Å². The van der Waals surface area contributed by atoms with Crippen molar-refractivity contribution in [2.24, 2.45) is 0 Å². The van der Waals surface area contributed by atoms with Gasteiger partial charge in [0.05, 0.1) is 16.8 Å². The molecule has 1 aromatic carbocycles. The van der Waals surface area contributed by atoms with Crippen LogP contribution in [0, 0.1) is 11.3 Å². The van der Waals surface area contributed by atoms with Gasteiger partial charge in [-0.15, -0.1) is 11.6 Å². The molecule has 154 valence electrons. The highest BCUT2D eigenvalue weighted by molar-refractivity contribution is 6.17. The molecule has 0 radical (unpaired) electrons. The molecule has 4 heterocycles. The number of nitriles is 1. The maximum Gasteiger partial charge on any atom is 0.165 e. The van der Waals surface area contributed by atoms with Gasteiger partial charge in [-0.05, 0) is 48.0 Å². The van der Waals surface area contributed by atoms with Crippen LogP contribution in [-0.2, 0) is 5.88 Å². The second kappa shape index (κ2) is 8.10. The molecule has 0 aliphatic rings. The minimum atomic E-state index is 0.382. The summed E-state index contributed by atoms with van der Waals surface area (Å²) in [6.45, 7) is 0. The standard InChI is InChI=1S/C24H16ClN7/c25-11-15-3-5-18(6-4-15)32-23(19-2-1-9-29-22(19)27)31-21-8-7-20(30-24(21)32)17-10-16(12-26)13-28-14-17/h1-10,13-14H,11H2,(H2,27,29). The Kier molecular flexibility index (Phi) is 4.98. The summed E-state index contributed by atoms with van der Waals surface area (Å²) in [5, 5.41) is 9.22. The monoisotopic (exact) mass is 437 g/mol. The van der Waals surface area contributed by atoms with Crippen molar-refractivity contribution in [3.8, 4) is 34.4 Å². The third-order valence-electron chi connectivity index (χ3n) is 5.10. The molecule has 2 N–H and O–H groups in total. The normalized spacial score (nSPS) is 10.9. The summed E-state index contributed by atoms with van der Waals surface area (Å²) in [7, 11) is 0. The van der Waals surface area contributed by atoms with Crippen molar-refractivity contribution >= 4 is 28.6 Å². The predicted octanol–water partition coefficient (Wildman–Crippen LogP) is 4.74. The van der Waals surface area contributed by atoms with Crippen molar-refractivity contribution in [3.63, 3.8) is 0 Å². The lowest BCUT2D eigenvalue weighted by Gasteiger charge is -2.11. The number of imidazole rings is 1. The molecular formula is C24H16ClN7. The molecular weight excluding hydrogens is 422 g/mol. The number of rotatable bonds is 4. The number of aromatic nitrogens is 5.